The Labute approximate surface area is 201 Å². The third kappa shape index (κ3) is 7.61. The van der Waals surface area contributed by atoms with Crippen molar-refractivity contribution in [3.63, 3.8) is 0 Å². The van der Waals surface area contributed by atoms with Gasteiger partial charge in [-0.15, -0.1) is 0 Å². The van der Waals surface area contributed by atoms with Gasteiger partial charge in [0, 0.05) is 31.9 Å². The normalized spacial score (nSPS) is 14.9. The fourth-order valence-electron chi connectivity index (χ4n) is 4.19. The first-order chi connectivity index (χ1) is 16.6. The molecule has 6 heteroatoms. The molecular formula is C28H33N3O3. The second kappa shape index (κ2) is 12.2. The summed E-state index contributed by atoms with van der Waals surface area (Å²) in [5, 5.41) is 11.7. The van der Waals surface area contributed by atoms with Gasteiger partial charge in [0.25, 0.3) is 0 Å². The van der Waals surface area contributed by atoms with Gasteiger partial charge in [-0.1, -0.05) is 54.6 Å². The molecule has 1 fully saturated rings. The third-order valence-corrected chi connectivity index (χ3v) is 6.06. The highest BCUT2D eigenvalue weighted by molar-refractivity contribution is 5.72. The third-order valence-electron chi connectivity index (χ3n) is 6.06. The molecule has 2 N–H and O–H groups in total. The summed E-state index contributed by atoms with van der Waals surface area (Å²) in [7, 11) is 0. The average molecular weight is 460 g/mol. The molecule has 0 aromatic heterocycles. The van der Waals surface area contributed by atoms with Crippen LogP contribution in [0.5, 0.6) is 5.75 Å². The van der Waals surface area contributed by atoms with E-state index in [1.54, 1.807) is 0 Å². The molecule has 3 aromatic rings. The molecule has 3 aromatic carbocycles. The van der Waals surface area contributed by atoms with Crippen molar-refractivity contribution in [1.29, 1.82) is 0 Å². The number of carboxylic acids is 1. The summed E-state index contributed by atoms with van der Waals surface area (Å²) in [5.74, 6) is 0.0457. The Kier molecular flexibility index (Phi) is 8.54. The molecule has 0 saturated carbocycles. The minimum atomic E-state index is -0.856. The van der Waals surface area contributed by atoms with Gasteiger partial charge in [-0.2, -0.15) is 0 Å². The van der Waals surface area contributed by atoms with E-state index in [1.807, 2.05) is 30.3 Å². The number of benzene rings is 3. The van der Waals surface area contributed by atoms with Crippen LogP contribution < -0.4 is 10.1 Å². The van der Waals surface area contributed by atoms with Gasteiger partial charge in [-0.3, -0.25) is 14.6 Å². The maximum atomic E-state index is 10.7. The topological polar surface area (TPSA) is 65.0 Å². The maximum absolute atomic E-state index is 10.7. The summed E-state index contributed by atoms with van der Waals surface area (Å²) in [6.45, 7) is 6.66. The number of rotatable bonds is 10. The van der Waals surface area contributed by atoms with Crippen LogP contribution in [0.2, 0.25) is 0 Å². The van der Waals surface area contributed by atoms with Gasteiger partial charge in [0.1, 0.15) is 18.9 Å². The first kappa shape index (κ1) is 23.8. The average Bonchev–Trinajstić information content (AvgIpc) is 3.08. The molecule has 0 radical (unpaired) electrons. The van der Waals surface area contributed by atoms with Crippen molar-refractivity contribution in [1.82, 2.24) is 9.80 Å². The Morgan fingerprint density at radius 3 is 1.94 bits per heavy atom. The van der Waals surface area contributed by atoms with Crippen molar-refractivity contribution in [2.75, 3.05) is 38.0 Å². The number of carboxylic acid groups (broad SMARTS) is 1. The van der Waals surface area contributed by atoms with E-state index in [9.17, 15) is 4.79 Å². The zero-order valence-corrected chi connectivity index (χ0v) is 19.5. The first-order valence-corrected chi connectivity index (χ1v) is 11.9. The van der Waals surface area contributed by atoms with E-state index < -0.39 is 5.97 Å². The zero-order chi connectivity index (χ0) is 23.6. The fourth-order valence-corrected chi connectivity index (χ4v) is 4.19. The van der Waals surface area contributed by atoms with E-state index in [-0.39, 0.29) is 6.54 Å². The Morgan fingerprint density at radius 2 is 1.35 bits per heavy atom. The smallest absolute Gasteiger partial charge is 0.322 e. The molecule has 178 valence electrons. The van der Waals surface area contributed by atoms with Crippen molar-refractivity contribution < 1.29 is 14.6 Å². The fraction of sp³-hybridized carbons (Fsp3) is 0.321. The highest BCUT2D eigenvalue weighted by Crippen LogP contribution is 2.17. The Balaban J connectivity index is 1.21. The van der Waals surface area contributed by atoms with Crippen LogP contribution in [0, 0.1) is 0 Å². The van der Waals surface area contributed by atoms with Crippen LogP contribution in [0.4, 0.5) is 5.69 Å². The molecule has 4 rings (SSSR count). The molecule has 1 aliphatic heterocycles. The number of hydrogen-bond donors (Lipinski definition) is 2. The van der Waals surface area contributed by atoms with Crippen molar-refractivity contribution in [2.45, 2.75) is 26.1 Å². The summed E-state index contributed by atoms with van der Waals surface area (Å²) in [4.78, 5) is 15.7. The quantitative estimate of drug-likeness (QED) is 0.466. The summed E-state index contributed by atoms with van der Waals surface area (Å²) in [6, 6.07) is 26.8. The van der Waals surface area contributed by atoms with Crippen molar-refractivity contribution >= 4 is 11.7 Å². The summed E-state index contributed by atoms with van der Waals surface area (Å²) in [5.41, 5.74) is 4.57. The van der Waals surface area contributed by atoms with E-state index in [4.69, 9.17) is 9.84 Å². The summed E-state index contributed by atoms with van der Waals surface area (Å²) >= 11 is 0. The zero-order valence-electron chi connectivity index (χ0n) is 19.5. The van der Waals surface area contributed by atoms with Crippen LogP contribution in [-0.2, 0) is 24.5 Å². The lowest BCUT2D eigenvalue weighted by Gasteiger charge is -2.22. The van der Waals surface area contributed by atoms with Crippen molar-refractivity contribution in [3.05, 3.63) is 95.6 Å². The van der Waals surface area contributed by atoms with Crippen LogP contribution >= 0.6 is 0 Å². The number of carbonyl (C=O) groups is 1. The predicted octanol–water partition coefficient (Wildman–Crippen LogP) is 4.47. The van der Waals surface area contributed by atoms with Gasteiger partial charge in [-0.05, 0) is 60.5 Å². The maximum Gasteiger partial charge on any atom is 0.322 e. The van der Waals surface area contributed by atoms with E-state index in [2.05, 4.69) is 63.6 Å². The number of aliphatic carboxylic acids is 1. The molecular weight excluding hydrogens is 426 g/mol. The van der Waals surface area contributed by atoms with Crippen LogP contribution in [0.3, 0.4) is 0 Å². The molecule has 6 nitrogen and oxygen atoms in total. The standard InChI is InChI=1S/C28H33N3O3/c32-28(33)19-29-26-11-7-23(8-12-26)20-30-15-4-16-31(18-17-30)21-24-9-13-27(14-10-24)34-22-25-5-2-1-3-6-25/h1-3,5-14,29H,4,15-22H2,(H,32,33). The number of ether oxygens (including phenoxy) is 1. The van der Waals surface area contributed by atoms with E-state index in [0.717, 1.165) is 57.1 Å². The SMILES string of the molecule is O=C(O)CNc1ccc(CN2CCCN(Cc3ccc(OCc4ccccc4)cc3)CC2)cc1. The van der Waals surface area contributed by atoms with Crippen LogP contribution in [0.15, 0.2) is 78.9 Å². The lowest BCUT2D eigenvalue weighted by atomic mass is 10.2. The highest BCUT2D eigenvalue weighted by Gasteiger charge is 2.15. The first-order valence-electron chi connectivity index (χ1n) is 11.9. The van der Waals surface area contributed by atoms with E-state index in [1.165, 1.54) is 16.7 Å². The Hall–Kier alpha value is -3.35. The van der Waals surface area contributed by atoms with Gasteiger partial charge < -0.3 is 15.2 Å². The molecule has 0 atom stereocenters. The monoisotopic (exact) mass is 459 g/mol. The predicted molar refractivity (Wildman–Crippen MR) is 135 cm³/mol. The number of hydrogen-bond acceptors (Lipinski definition) is 5. The molecule has 0 aliphatic carbocycles. The van der Waals surface area contributed by atoms with Gasteiger partial charge in [0.2, 0.25) is 0 Å². The molecule has 0 amide bonds. The largest absolute Gasteiger partial charge is 0.489 e. The summed E-state index contributed by atoms with van der Waals surface area (Å²) < 4.78 is 5.91. The molecule has 34 heavy (non-hydrogen) atoms. The van der Waals surface area contributed by atoms with Gasteiger partial charge >= 0.3 is 5.97 Å². The minimum absolute atomic E-state index is 0.0647. The van der Waals surface area contributed by atoms with Crippen LogP contribution in [0.1, 0.15) is 23.1 Å². The van der Waals surface area contributed by atoms with Crippen LogP contribution in [0.25, 0.3) is 0 Å². The number of anilines is 1. The Morgan fingerprint density at radius 1 is 0.765 bits per heavy atom. The molecule has 1 saturated heterocycles. The van der Waals surface area contributed by atoms with E-state index >= 15 is 0 Å². The van der Waals surface area contributed by atoms with Crippen LogP contribution in [-0.4, -0.2) is 53.6 Å². The molecule has 1 aliphatic rings. The molecule has 0 bridgehead atoms. The second-order valence-electron chi connectivity index (χ2n) is 8.77. The second-order valence-corrected chi connectivity index (χ2v) is 8.77. The lowest BCUT2D eigenvalue weighted by molar-refractivity contribution is -0.134. The summed E-state index contributed by atoms with van der Waals surface area (Å²) in [6.07, 6.45) is 1.15. The van der Waals surface area contributed by atoms with Gasteiger partial charge in [0.15, 0.2) is 0 Å². The number of nitrogens with zero attached hydrogens (tertiary/aromatic N) is 2. The molecule has 1 heterocycles. The van der Waals surface area contributed by atoms with Crippen molar-refractivity contribution in [3.8, 4) is 5.75 Å². The van der Waals surface area contributed by atoms with Crippen molar-refractivity contribution in [2.24, 2.45) is 0 Å². The molecule has 0 spiro atoms. The number of nitrogens with one attached hydrogen (secondary N) is 1. The van der Waals surface area contributed by atoms with Gasteiger partial charge in [-0.25, -0.2) is 0 Å². The van der Waals surface area contributed by atoms with E-state index in [0.29, 0.717) is 6.61 Å². The Bertz CT molecular complexity index is 1020. The lowest BCUT2D eigenvalue weighted by Crippen LogP contribution is -2.30. The minimum Gasteiger partial charge on any atom is -0.489 e. The molecule has 0 unspecified atom stereocenters. The van der Waals surface area contributed by atoms with Gasteiger partial charge in [0.05, 0.1) is 0 Å². The highest BCUT2D eigenvalue weighted by atomic mass is 16.5.